The molecule has 0 fully saturated rings. The van der Waals surface area contributed by atoms with Gasteiger partial charge in [0.05, 0.1) is 0 Å². The number of carbonyl (C=O) groups is 1. The van der Waals surface area contributed by atoms with Crippen molar-refractivity contribution < 1.29 is 18.0 Å². The van der Waals surface area contributed by atoms with Crippen LogP contribution in [-0.4, -0.2) is 18.6 Å². The smallest absolute Gasteiger partial charge is 0.343 e. The molecule has 0 heterocycles. The zero-order chi connectivity index (χ0) is 12.3. The van der Waals surface area contributed by atoms with Crippen molar-refractivity contribution in [2.24, 2.45) is 0 Å². The SMILES string of the molecule is Cc1ccc(C(=O)NCC(F)(F)F)cc1Cl. The second-order valence-electron chi connectivity index (χ2n) is 3.26. The van der Waals surface area contributed by atoms with Crippen LogP contribution >= 0.6 is 11.6 Å². The molecule has 0 atom stereocenters. The highest BCUT2D eigenvalue weighted by molar-refractivity contribution is 6.31. The summed E-state index contributed by atoms with van der Waals surface area (Å²) in [6.07, 6.45) is -4.41. The molecule has 1 amide bonds. The van der Waals surface area contributed by atoms with Crippen LogP contribution in [0.3, 0.4) is 0 Å². The number of hydrogen-bond donors (Lipinski definition) is 1. The Hall–Kier alpha value is -1.23. The third-order valence-corrected chi connectivity index (χ3v) is 2.29. The largest absolute Gasteiger partial charge is 0.405 e. The van der Waals surface area contributed by atoms with Crippen molar-refractivity contribution in [1.29, 1.82) is 0 Å². The number of aryl methyl sites for hydroxylation is 1. The summed E-state index contributed by atoms with van der Waals surface area (Å²) in [7, 11) is 0. The van der Waals surface area contributed by atoms with Crippen molar-refractivity contribution in [3.8, 4) is 0 Å². The molecule has 1 N–H and O–H groups in total. The minimum Gasteiger partial charge on any atom is -0.343 e. The van der Waals surface area contributed by atoms with Crippen molar-refractivity contribution in [3.05, 3.63) is 34.3 Å². The summed E-state index contributed by atoms with van der Waals surface area (Å²) in [5.41, 5.74) is 0.869. The molecule has 0 aromatic heterocycles. The molecule has 0 radical (unpaired) electrons. The summed E-state index contributed by atoms with van der Waals surface area (Å²) in [6.45, 7) is 0.386. The molecular formula is C10H9ClF3NO. The Morgan fingerprint density at radius 2 is 2.06 bits per heavy atom. The number of halogens is 4. The molecule has 0 saturated carbocycles. The van der Waals surface area contributed by atoms with Crippen molar-refractivity contribution >= 4 is 17.5 Å². The first-order valence-electron chi connectivity index (χ1n) is 4.41. The van der Waals surface area contributed by atoms with Crippen molar-refractivity contribution in [1.82, 2.24) is 5.32 Å². The van der Waals surface area contributed by atoms with Gasteiger partial charge < -0.3 is 5.32 Å². The van der Waals surface area contributed by atoms with Gasteiger partial charge in [-0.25, -0.2) is 0 Å². The summed E-state index contributed by atoms with van der Waals surface area (Å²) < 4.78 is 35.5. The Labute approximate surface area is 95.4 Å². The van der Waals surface area contributed by atoms with E-state index in [2.05, 4.69) is 0 Å². The Balaban J connectivity index is 2.70. The number of benzene rings is 1. The van der Waals surface area contributed by atoms with E-state index in [1.165, 1.54) is 12.1 Å². The van der Waals surface area contributed by atoms with E-state index in [0.29, 0.717) is 5.02 Å². The summed E-state index contributed by atoms with van der Waals surface area (Å²) in [4.78, 5) is 11.3. The highest BCUT2D eigenvalue weighted by atomic mass is 35.5. The lowest BCUT2D eigenvalue weighted by Crippen LogP contribution is -2.33. The lowest BCUT2D eigenvalue weighted by Gasteiger charge is -2.08. The zero-order valence-electron chi connectivity index (χ0n) is 8.36. The maximum Gasteiger partial charge on any atom is 0.405 e. The Morgan fingerprint density at radius 3 is 2.56 bits per heavy atom. The van der Waals surface area contributed by atoms with Gasteiger partial charge in [-0.2, -0.15) is 13.2 Å². The minimum absolute atomic E-state index is 0.111. The fourth-order valence-corrected chi connectivity index (χ4v) is 1.20. The highest BCUT2D eigenvalue weighted by Crippen LogP contribution is 2.17. The van der Waals surface area contributed by atoms with E-state index in [0.717, 1.165) is 5.56 Å². The molecule has 0 aliphatic carbocycles. The molecule has 1 rings (SSSR count). The monoisotopic (exact) mass is 251 g/mol. The van der Waals surface area contributed by atoms with Gasteiger partial charge in [-0.3, -0.25) is 4.79 Å². The van der Waals surface area contributed by atoms with E-state index in [1.807, 2.05) is 0 Å². The molecule has 6 heteroatoms. The van der Waals surface area contributed by atoms with Crippen LogP contribution in [0.4, 0.5) is 13.2 Å². The van der Waals surface area contributed by atoms with Gasteiger partial charge in [-0.1, -0.05) is 17.7 Å². The Morgan fingerprint density at radius 1 is 1.44 bits per heavy atom. The molecule has 0 unspecified atom stereocenters. The van der Waals surface area contributed by atoms with Crippen molar-refractivity contribution in [2.45, 2.75) is 13.1 Å². The Kier molecular flexibility index (Phi) is 3.80. The summed E-state index contributed by atoms with van der Waals surface area (Å²) in [6, 6.07) is 4.33. The molecule has 88 valence electrons. The standard InChI is InChI=1S/C10H9ClF3NO/c1-6-2-3-7(4-8(6)11)9(16)15-5-10(12,13)14/h2-4H,5H2,1H3,(H,15,16). The van der Waals surface area contributed by atoms with Crippen LogP contribution < -0.4 is 5.32 Å². The van der Waals surface area contributed by atoms with Crippen LogP contribution in [0.2, 0.25) is 5.02 Å². The highest BCUT2D eigenvalue weighted by Gasteiger charge is 2.27. The molecule has 0 saturated heterocycles. The first-order valence-corrected chi connectivity index (χ1v) is 4.78. The van der Waals surface area contributed by atoms with Crippen LogP contribution in [0.25, 0.3) is 0 Å². The van der Waals surface area contributed by atoms with E-state index < -0.39 is 18.6 Å². The summed E-state index contributed by atoms with van der Waals surface area (Å²) >= 11 is 5.75. The van der Waals surface area contributed by atoms with E-state index in [4.69, 9.17) is 11.6 Å². The maximum absolute atomic E-state index is 11.8. The van der Waals surface area contributed by atoms with Crippen LogP contribution in [0.5, 0.6) is 0 Å². The molecule has 0 aliphatic heterocycles. The quantitative estimate of drug-likeness (QED) is 0.860. The maximum atomic E-state index is 11.8. The number of amides is 1. The van der Waals surface area contributed by atoms with Gasteiger partial charge in [0.15, 0.2) is 0 Å². The third kappa shape index (κ3) is 3.73. The number of hydrogen-bond acceptors (Lipinski definition) is 1. The van der Waals surface area contributed by atoms with E-state index in [9.17, 15) is 18.0 Å². The average Bonchev–Trinajstić information content (AvgIpc) is 2.17. The lowest BCUT2D eigenvalue weighted by atomic mass is 10.1. The second-order valence-corrected chi connectivity index (χ2v) is 3.67. The van der Waals surface area contributed by atoms with Gasteiger partial charge >= 0.3 is 6.18 Å². The zero-order valence-corrected chi connectivity index (χ0v) is 9.12. The minimum atomic E-state index is -4.41. The molecule has 16 heavy (non-hydrogen) atoms. The third-order valence-electron chi connectivity index (χ3n) is 1.88. The average molecular weight is 252 g/mol. The molecule has 1 aromatic rings. The number of carbonyl (C=O) groups excluding carboxylic acids is 1. The number of rotatable bonds is 2. The molecule has 0 spiro atoms. The molecule has 0 bridgehead atoms. The second kappa shape index (κ2) is 4.74. The number of nitrogens with one attached hydrogen (secondary N) is 1. The molecular weight excluding hydrogens is 243 g/mol. The van der Waals surface area contributed by atoms with Crippen LogP contribution in [0.15, 0.2) is 18.2 Å². The first kappa shape index (κ1) is 12.8. The van der Waals surface area contributed by atoms with Crippen LogP contribution in [0.1, 0.15) is 15.9 Å². The fourth-order valence-electron chi connectivity index (χ4n) is 1.02. The van der Waals surface area contributed by atoms with Crippen molar-refractivity contribution in [2.75, 3.05) is 6.54 Å². The molecule has 1 aromatic carbocycles. The lowest BCUT2D eigenvalue weighted by molar-refractivity contribution is -0.123. The topological polar surface area (TPSA) is 29.1 Å². The predicted octanol–water partition coefficient (Wildman–Crippen LogP) is 2.94. The van der Waals surface area contributed by atoms with Gasteiger partial charge in [0.2, 0.25) is 0 Å². The van der Waals surface area contributed by atoms with Gasteiger partial charge in [-0.15, -0.1) is 0 Å². The van der Waals surface area contributed by atoms with Crippen LogP contribution in [0, 0.1) is 6.92 Å². The molecule has 0 aliphatic rings. The van der Waals surface area contributed by atoms with Gasteiger partial charge in [-0.05, 0) is 24.6 Å². The van der Waals surface area contributed by atoms with Gasteiger partial charge in [0, 0.05) is 10.6 Å². The van der Waals surface area contributed by atoms with Gasteiger partial charge in [0.25, 0.3) is 5.91 Å². The van der Waals surface area contributed by atoms with Gasteiger partial charge in [0.1, 0.15) is 6.54 Å². The number of alkyl halides is 3. The Bertz CT molecular complexity index is 404. The normalized spacial score (nSPS) is 11.3. The van der Waals surface area contributed by atoms with Crippen molar-refractivity contribution in [3.63, 3.8) is 0 Å². The summed E-state index contributed by atoms with van der Waals surface area (Å²) in [5, 5.41) is 2.11. The van der Waals surface area contributed by atoms with E-state index in [-0.39, 0.29) is 5.56 Å². The summed E-state index contributed by atoms with van der Waals surface area (Å²) in [5.74, 6) is -0.792. The first-order chi connectivity index (χ1) is 7.29. The predicted molar refractivity (Wildman–Crippen MR) is 54.6 cm³/mol. The molecule has 2 nitrogen and oxygen atoms in total. The van der Waals surface area contributed by atoms with E-state index >= 15 is 0 Å². The van der Waals surface area contributed by atoms with Crippen LogP contribution in [-0.2, 0) is 0 Å². The van der Waals surface area contributed by atoms with E-state index in [1.54, 1.807) is 18.3 Å². The fraction of sp³-hybridized carbons (Fsp3) is 0.300.